The van der Waals surface area contributed by atoms with Crippen molar-refractivity contribution in [2.75, 3.05) is 0 Å². The Morgan fingerprint density at radius 1 is 0.875 bits per heavy atom. The van der Waals surface area contributed by atoms with Crippen LogP contribution in [0.5, 0.6) is 0 Å². The van der Waals surface area contributed by atoms with Crippen molar-refractivity contribution >= 4 is 39.7 Å². The first kappa shape index (κ1) is 26.9. The van der Waals surface area contributed by atoms with Gasteiger partial charge in [-0.15, -0.1) is 18.2 Å². The van der Waals surface area contributed by atoms with E-state index >= 15 is 0 Å². The Balaban J connectivity index is 0.000000229. The molecule has 7 heteroatoms. The Bertz CT molecular complexity index is 2460. The van der Waals surface area contributed by atoms with Gasteiger partial charge in [-0.05, 0) is 42.7 Å². The molecule has 0 amide bonds. The first-order chi connectivity index (χ1) is 25.2. The minimum atomic E-state index is -2.36. The Labute approximate surface area is 308 Å². The van der Waals surface area contributed by atoms with Gasteiger partial charge in [-0.3, -0.25) is 0 Å². The number of hydrogen-bond donors (Lipinski definition) is 0. The molecule has 0 atom stereocenters. The molecule has 0 saturated carbocycles. The molecule has 4 heterocycles. The molecular formula is C41H38FGeIrN3O-2. The molecular weight excluding hydrogens is 834 g/mol. The van der Waals surface area contributed by atoms with Gasteiger partial charge in [0.15, 0.2) is 0 Å². The summed E-state index contributed by atoms with van der Waals surface area (Å²) in [5, 5.41) is 1.37. The van der Waals surface area contributed by atoms with Crippen LogP contribution in [0.1, 0.15) is 46.2 Å². The van der Waals surface area contributed by atoms with Crippen LogP contribution in [0.3, 0.4) is 0 Å². The van der Waals surface area contributed by atoms with Crippen LogP contribution in [0.15, 0.2) is 102 Å². The summed E-state index contributed by atoms with van der Waals surface area (Å²) in [7, 11) is 0. The van der Waals surface area contributed by atoms with Gasteiger partial charge in [0.25, 0.3) is 0 Å². The van der Waals surface area contributed by atoms with E-state index in [1.165, 1.54) is 28.7 Å². The second kappa shape index (κ2) is 14.7. The number of benzene rings is 3. The van der Waals surface area contributed by atoms with E-state index in [9.17, 15) is 4.39 Å². The molecule has 4 aromatic heterocycles. The average molecular weight is 880 g/mol. The summed E-state index contributed by atoms with van der Waals surface area (Å²) < 4.78 is 75.6. The smallest absolute Gasteiger partial charge is 0.216 e. The molecule has 1 radical (unpaired) electrons. The first-order valence-corrected chi connectivity index (χ1v) is 22.6. The van der Waals surface area contributed by atoms with Crippen molar-refractivity contribution in [1.29, 1.82) is 0 Å². The maximum Gasteiger partial charge on any atom is 0.216 e. The van der Waals surface area contributed by atoms with Gasteiger partial charge in [0.05, 0.1) is 5.58 Å². The van der Waals surface area contributed by atoms with Crippen molar-refractivity contribution in [2.24, 2.45) is 0 Å². The Hall–Kier alpha value is -3.97. The summed E-state index contributed by atoms with van der Waals surface area (Å²) in [6, 6.07) is 29.8. The number of aryl methyl sites for hydroxylation is 2. The van der Waals surface area contributed by atoms with E-state index in [0.717, 1.165) is 22.4 Å². The van der Waals surface area contributed by atoms with Crippen molar-refractivity contribution < 1.29 is 38.5 Å². The predicted octanol–water partition coefficient (Wildman–Crippen LogP) is 10.5. The molecule has 48 heavy (non-hydrogen) atoms. The fourth-order valence-electron chi connectivity index (χ4n) is 5.43. The van der Waals surface area contributed by atoms with Crippen LogP contribution in [-0.2, 0) is 20.1 Å². The monoisotopic (exact) mass is 881 g/mol. The Morgan fingerprint density at radius 3 is 2.35 bits per heavy atom. The minimum absolute atomic E-state index is 0. The second-order valence-corrected chi connectivity index (χ2v) is 23.1. The van der Waals surface area contributed by atoms with Crippen LogP contribution in [-0.4, -0.2) is 28.2 Å². The van der Waals surface area contributed by atoms with E-state index < -0.39 is 32.9 Å². The van der Waals surface area contributed by atoms with E-state index in [1.807, 2.05) is 56.4 Å². The van der Waals surface area contributed by atoms with Crippen LogP contribution >= 0.6 is 0 Å². The minimum Gasteiger partial charge on any atom is -0.486 e. The molecule has 7 rings (SSSR count). The van der Waals surface area contributed by atoms with Gasteiger partial charge in [-0.2, -0.15) is 0 Å². The Morgan fingerprint density at radius 2 is 1.67 bits per heavy atom. The summed E-state index contributed by atoms with van der Waals surface area (Å²) in [5.41, 5.74) is 5.41. The number of aromatic nitrogens is 3. The van der Waals surface area contributed by atoms with E-state index in [0.29, 0.717) is 33.2 Å². The summed E-state index contributed by atoms with van der Waals surface area (Å²) in [6.45, 7) is -0.914. The van der Waals surface area contributed by atoms with Gasteiger partial charge in [-0.1, -0.05) is 47.3 Å². The van der Waals surface area contributed by atoms with Crippen molar-refractivity contribution in [2.45, 2.75) is 50.7 Å². The van der Waals surface area contributed by atoms with E-state index in [2.05, 4.69) is 44.4 Å². The zero-order valence-corrected chi connectivity index (χ0v) is 31.7. The predicted molar refractivity (Wildman–Crippen MR) is 194 cm³/mol. The van der Waals surface area contributed by atoms with Crippen molar-refractivity contribution in [3.05, 3.63) is 132 Å². The van der Waals surface area contributed by atoms with Crippen molar-refractivity contribution in [3.8, 4) is 33.6 Å². The molecule has 0 aliphatic heterocycles. The number of rotatable bonds is 5. The molecule has 0 fully saturated rings. The molecule has 0 aliphatic carbocycles. The van der Waals surface area contributed by atoms with Crippen LogP contribution < -0.4 is 4.40 Å². The van der Waals surface area contributed by atoms with Crippen LogP contribution in [0.4, 0.5) is 4.39 Å². The molecule has 0 aliphatic rings. The van der Waals surface area contributed by atoms with E-state index in [1.54, 1.807) is 30.5 Å². The van der Waals surface area contributed by atoms with Crippen molar-refractivity contribution in [1.82, 2.24) is 15.0 Å². The largest absolute Gasteiger partial charge is 0.486 e. The first-order valence-electron chi connectivity index (χ1n) is 18.7. The van der Waals surface area contributed by atoms with Crippen LogP contribution in [0.25, 0.3) is 55.7 Å². The second-order valence-electron chi connectivity index (χ2n) is 12.5. The zero-order valence-electron chi connectivity index (χ0n) is 34.2. The third kappa shape index (κ3) is 7.52. The van der Waals surface area contributed by atoms with Gasteiger partial charge < -0.3 is 9.40 Å². The molecule has 0 spiro atoms. The summed E-state index contributed by atoms with van der Waals surface area (Å²) in [6.07, 6.45) is 3.46. The molecule has 0 unspecified atom stereocenters. The topological polar surface area (TPSA) is 51.8 Å². The SMILES string of the molecule is [2H]C(C)(C)c1cc(-c2[c-]cc(F)cc2)nc[c]1[Ge]([CH3])([CH3])[CH3].[2H]C([2H])([2H])c1ccc2c(n1)oc1c(-c3cc(C([2H])([2H])[2H])c(-c4ccccc4)cn3)[c-]ccc12.[Ir]. The third-order valence-electron chi connectivity index (χ3n) is 7.84. The van der Waals surface area contributed by atoms with Crippen molar-refractivity contribution in [3.63, 3.8) is 0 Å². The molecule has 0 saturated heterocycles. The van der Waals surface area contributed by atoms with Gasteiger partial charge in [0.1, 0.15) is 0 Å². The fraction of sp³-hybridized carbons (Fsp3) is 0.195. The van der Waals surface area contributed by atoms with Gasteiger partial charge in [-0.25, -0.2) is 4.98 Å². The maximum atomic E-state index is 13.0. The van der Waals surface area contributed by atoms with Gasteiger partial charge in [0.2, 0.25) is 5.71 Å². The molecule has 0 N–H and O–H groups in total. The van der Waals surface area contributed by atoms with E-state index in [-0.39, 0.29) is 42.9 Å². The molecule has 245 valence electrons. The van der Waals surface area contributed by atoms with Gasteiger partial charge in [0, 0.05) is 51.2 Å². The van der Waals surface area contributed by atoms with Crippen LogP contribution in [0, 0.1) is 31.7 Å². The molecule has 7 aromatic rings. The number of halogens is 1. The summed E-state index contributed by atoms with van der Waals surface area (Å²) in [5.74, 6) is 5.93. The number of furan rings is 1. The number of fused-ring (bicyclic) bond motifs is 3. The summed E-state index contributed by atoms with van der Waals surface area (Å²) in [4.78, 5) is 13.2. The maximum absolute atomic E-state index is 13.0. The third-order valence-corrected chi connectivity index (χ3v) is 12.1. The fourth-order valence-corrected chi connectivity index (χ4v) is 8.75. The normalized spacial score (nSPS) is 14.2. The number of hydrogen-bond acceptors (Lipinski definition) is 4. The molecule has 0 bridgehead atoms. The number of pyridine rings is 3. The average Bonchev–Trinajstić information content (AvgIpc) is 3.49. The standard InChI is InChI=1S/C24H17N2O.C17H21FGeN.Ir/c1-15-13-22(25-14-21(15)17-7-4-3-5-8-17)20-10-6-9-18-19-12-11-16(2)26-24(19)27-23(18)20;1-12(2)15-10-17(13-6-8-14(18)9-7-13)20-11-16(15)19(3,4)5;/h3-9,11-14H,1-2H3;6,8-12H,1-5H3;/q2*-1;/i1D3,2D3;12D;. The Kier molecular flexibility index (Phi) is 8.22. The summed E-state index contributed by atoms with van der Waals surface area (Å²) >= 11 is -2.10. The molecule has 3 aromatic carbocycles. The quantitative estimate of drug-likeness (QED) is 0.128. The molecule has 4 nitrogen and oxygen atoms in total. The zero-order chi connectivity index (χ0) is 39.2. The number of nitrogens with zero attached hydrogens (tertiary/aromatic N) is 3. The van der Waals surface area contributed by atoms with Crippen LogP contribution in [0.2, 0.25) is 17.3 Å². The van der Waals surface area contributed by atoms with E-state index in [4.69, 9.17) is 14.0 Å². The van der Waals surface area contributed by atoms with Gasteiger partial charge >= 0.3 is 125 Å².